The third kappa shape index (κ3) is 4.01. The molecule has 0 unspecified atom stereocenters. The van der Waals surface area contributed by atoms with Gasteiger partial charge in [-0.25, -0.2) is 8.42 Å². The molecule has 0 saturated heterocycles. The molecule has 0 atom stereocenters. The van der Waals surface area contributed by atoms with Gasteiger partial charge in [0.2, 0.25) is 9.84 Å². The molecule has 0 fully saturated rings. The minimum Gasteiger partial charge on any atom is -0.284 e. The van der Waals surface area contributed by atoms with Gasteiger partial charge in [-0.15, -0.1) is 23.1 Å². The first kappa shape index (κ1) is 20.6. The highest BCUT2D eigenvalue weighted by Gasteiger charge is 2.39. The van der Waals surface area contributed by atoms with Gasteiger partial charge in [0.25, 0.3) is 5.78 Å². The molecule has 0 bridgehead atoms. The fourth-order valence-electron chi connectivity index (χ4n) is 2.61. The zero-order valence-corrected chi connectivity index (χ0v) is 16.8. The van der Waals surface area contributed by atoms with E-state index in [-0.39, 0.29) is 9.79 Å². The van der Waals surface area contributed by atoms with Crippen molar-refractivity contribution in [3.63, 3.8) is 0 Å². The van der Waals surface area contributed by atoms with Crippen molar-refractivity contribution in [2.45, 2.75) is 20.2 Å². The zero-order valence-electron chi connectivity index (χ0n) is 14.4. The van der Waals surface area contributed by atoms with E-state index in [0.717, 1.165) is 12.1 Å². The van der Waals surface area contributed by atoms with Gasteiger partial charge >= 0.3 is 6.18 Å². The largest absolute Gasteiger partial charge is 0.454 e. The summed E-state index contributed by atoms with van der Waals surface area (Å²) >= 11 is 2.65. The fourth-order valence-corrected chi connectivity index (χ4v) is 6.34. The minimum atomic E-state index is -4.98. The zero-order chi connectivity index (χ0) is 20.5. The monoisotopic (exact) mass is 442 g/mol. The summed E-state index contributed by atoms with van der Waals surface area (Å²) in [6.07, 6.45) is -3.19. The van der Waals surface area contributed by atoms with E-state index in [9.17, 15) is 26.4 Å². The summed E-state index contributed by atoms with van der Waals surface area (Å²) in [5.74, 6) is -1.94. The number of rotatable bonds is 5. The molecule has 0 aliphatic rings. The number of thioether (sulfide) groups is 1. The van der Waals surface area contributed by atoms with Crippen molar-refractivity contribution >= 4 is 38.7 Å². The van der Waals surface area contributed by atoms with Gasteiger partial charge in [-0.1, -0.05) is 30.3 Å². The number of alkyl halides is 3. The molecular weight excluding hydrogens is 429 g/mol. The molecule has 0 amide bonds. The average Bonchev–Trinajstić information content (AvgIpc) is 3.16. The van der Waals surface area contributed by atoms with Crippen LogP contribution >= 0.6 is 23.1 Å². The molecule has 0 aliphatic carbocycles. The number of Topliss-reactive ketones (excluding diaryl/α,β-unsaturated/α-hetero) is 1. The van der Waals surface area contributed by atoms with E-state index in [1.165, 1.54) is 59.5 Å². The Bertz CT molecular complexity index is 1130. The Morgan fingerprint density at radius 1 is 1.00 bits per heavy atom. The van der Waals surface area contributed by atoms with Crippen molar-refractivity contribution in [3.05, 3.63) is 65.5 Å². The van der Waals surface area contributed by atoms with E-state index < -0.39 is 27.4 Å². The van der Waals surface area contributed by atoms with Crippen LogP contribution in [0.1, 0.15) is 10.4 Å². The molecular formula is C19H13F3O3S3. The van der Waals surface area contributed by atoms with E-state index in [1.54, 1.807) is 17.7 Å². The highest BCUT2D eigenvalue weighted by Crippen LogP contribution is 2.35. The van der Waals surface area contributed by atoms with E-state index in [4.69, 9.17) is 0 Å². The summed E-state index contributed by atoms with van der Waals surface area (Å²) in [6.45, 7) is 0. The number of ketones is 1. The molecule has 3 rings (SSSR count). The molecule has 0 spiro atoms. The first-order chi connectivity index (χ1) is 13.1. The lowest BCUT2D eigenvalue weighted by Crippen LogP contribution is -2.22. The van der Waals surface area contributed by atoms with Crippen LogP contribution in [0.3, 0.4) is 0 Å². The maximum Gasteiger partial charge on any atom is 0.454 e. The second kappa shape index (κ2) is 7.73. The minimum absolute atomic E-state index is 0.0336. The van der Waals surface area contributed by atoms with Gasteiger partial charge in [0, 0.05) is 5.56 Å². The maximum absolute atomic E-state index is 13.0. The first-order valence-corrected chi connectivity index (χ1v) is 11.4. The molecule has 0 saturated carbocycles. The number of benzene rings is 2. The van der Waals surface area contributed by atoms with Gasteiger partial charge < -0.3 is 0 Å². The Labute approximate surface area is 168 Å². The number of thiophene rings is 1. The maximum atomic E-state index is 13.0. The van der Waals surface area contributed by atoms with Crippen LogP contribution in [0.15, 0.2) is 74.0 Å². The topological polar surface area (TPSA) is 51.2 Å². The van der Waals surface area contributed by atoms with Crippen molar-refractivity contribution in [2.24, 2.45) is 0 Å². The summed E-state index contributed by atoms with van der Waals surface area (Å²) in [4.78, 5) is 11.7. The van der Waals surface area contributed by atoms with Gasteiger partial charge in [0.15, 0.2) is 0 Å². The highest BCUT2D eigenvalue weighted by atomic mass is 32.2. The Hall–Kier alpha value is -2.10. The van der Waals surface area contributed by atoms with Crippen LogP contribution in [0, 0.1) is 0 Å². The molecule has 0 radical (unpaired) electrons. The molecule has 146 valence electrons. The predicted molar refractivity (Wildman–Crippen MR) is 104 cm³/mol. The number of halogens is 3. The average molecular weight is 443 g/mol. The molecule has 1 heterocycles. The third-order valence-corrected chi connectivity index (χ3v) is 8.07. The van der Waals surface area contributed by atoms with Crippen LogP contribution < -0.4 is 0 Å². The van der Waals surface area contributed by atoms with Crippen LogP contribution in [0.5, 0.6) is 0 Å². The van der Waals surface area contributed by atoms with Gasteiger partial charge in [-0.2, -0.15) is 13.2 Å². The highest BCUT2D eigenvalue weighted by molar-refractivity contribution is 8.01. The summed E-state index contributed by atoms with van der Waals surface area (Å²) < 4.78 is 64.6. The van der Waals surface area contributed by atoms with E-state index >= 15 is 0 Å². The third-order valence-electron chi connectivity index (χ3n) is 3.93. The molecule has 9 heteroatoms. The lowest BCUT2D eigenvalue weighted by atomic mass is 10.0. The number of carbonyl (C=O) groups excluding carboxylic acids is 1. The fraction of sp³-hybridized carbons (Fsp3) is 0.105. The number of carbonyl (C=O) groups is 1. The summed E-state index contributed by atoms with van der Waals surface area (Å²) in [5.41, 5.74) is 0.224. The van der Waals surface area contributed by atoms with Crippen LogP contribution in [-0.2, 0) is 9.84 Å². The Kier molecular flexibility index (Phi) is 5.69. The van der Waals surface area contributed by atoms with Crippen molar-refractivity contribution in [2.75, 3.05) is 6.26 Å². The normalized spacial score (nSPS) is 12.1. The van der Waals surface area contributed by atoms with Crippen molar-refractivity contribution < 1.29 is 26.4 Å². The Morgan fingerprint density at radius 3 is 2.29 bits per heavy atom. The molecule has 1 aromatic heterocycles. The van der Waals surface area contributed by atoms with Gasteiger partial charge in [0.05, 0.1) is 14.0 Å². The summed E-state index contributed by atoms with van der Waals surface area (Å²) in [7, 11) is -3.78. The smallest absolute Gasteiger partial charge is 0.284 e. The molecule has 3 aromatic rings. The molecule has 3 nitrogen and oxygen atoms in total. The number of hydrogen-bond donors (Lipinski definition) is 0. The molecule has 0 N–H and O–H groups in total. The van der Waals surface area contributed by atoms with E-state index in [1.807, 2.05) is 0 Å². The van der Waals surface area contributed by atoms with Crippen LogP contribution in [-0.4, -0.2) is 26.6 Å². The summed E-state index contributed by atoms with van der Waals surface area (Å²) in [5, 5.41) is 1.69. The molecule has 0 aliphatic heterocycles. The standard InChI is InChI=1S/C19H13F3O3S3/c1-26-18-16(8-9-27-18)28(24,25)15-7-3-5-13(11-15)12-4-2-6-14(10-12)17(23)19(20,21)22/h2-11H,1H3. The first-order valence-electron chi connectivity index (χ1n) is 7.83. The lowest BCUT2D eigenvalue weighted by Gasteiger charge is -2.09. The van der Waals surface area contributed by atoms with Crippen LogP contribution in [0.4, 0.5) is 13.2 Å². The van der Waals surface area contributed by atoms with Gasteiger partial charge in [-0.3, -0.25) is 4.79 Å². The SMILES string of the molecule is CSc1sccc1S(=O)(=O)c1cccc(-c2cccc(C(=O)C(F)(F)F)c2)c1. The predicted octanol–water partition coefficient (Wildman–Crippen LogP) is 5.71. The van der Waals surface area contributed by atoms with Crippen molar-refractivity contribution in [1.29, 1.82) is 0 Å². The van der Waals surface area contributed by atoms with E-state index in [0.29, 0.717) is 15.3 Å². The quantitative estimate of drug-likeness (QED) is 0.375. The van der Waals surface area contributed by atoms with Crippen LogP contribution in [0.2, 0.25) is 0 Å². The van der Waals surface area contributed by atoms with Gasteiger partial charge in [-0.05, 0) is 47.0 Å². The second-order valence-corrected chi connectivity index (χ2v) is 9.62. The molecule has 28 heavy (non-hydrogen) atoms. The Balaban J connectivity index is 2.05. The lowest BCUT2D eigenvalue weighted by molar-refractivity contribution is -0.0885. The van der Waals surface area contributed by atoms with Crippen molar-refractivity contribution in [1.82, 2.24) is 0 Å². The molecule has 2 aromatic carbocycles. The van der Waals surface area contributed by atoms with E-state index in [2.05, 4.69) is 0 Å². The van der Waals surface area contributed by atoms with Gasteiger partial charge in [0.1, 0.15) is 0 Å². The second-order valence-electron chi connectivity index (χ2n) is 5.72. The summed E-state index contributed by atoms with van der Waals surface area (Å²) in [6, 6.07) is 12.5. The van der Waals surface area contributed by atoms with Crippen molar-refractivity contribution in [3.8, 4) is 11.1 Å². The van der Waals surface area contributed by atoms with Crippen LogP contribution in [0.25, 0.3) is 11.1 Å². The Morgan fingerprint density at radius 2 is 1.64 bits per heavy atom. The number of hydrogen-bond acceptors (Lipinski definition) is 5. The number of sulfone groups is 1.